The molecular weight excluding hydrogens is 190 g/mol. The first-order valence-corrected chi connectivity index (χ1v) is 5.14. The van der Waals surface area contributed by atoms with Crippen LogP contribution in [0.3, 0.4) is 0 Å². The molecule has 0 unspecified atom stereocenters. The molecule has 2 heterocycles. The van der Waals surface area contributed by atoms with Crippen LogP contribution in [0.15, 0.2) is 18.0 Å². The van der Waals surface area contributed by atoms with Crippen molar-refractivity contribution in [3.8, 4) is 5.88 Å². The van der Waals surface area contributed by atoms with Crippen LogP contribution in [0.1, 0.15) is 18.5 Å². The number of rotatable bonds is 2. The van der Waals surface area contributed by atoms with Crippen LogP contribution >= 0.6 is 0 Å². The predicted molar refractivity (Wildman–Crippen MR) is 58.7 cm³/mol. The molecule has 1 aromatic heterocycles. The lowest BCUT2D eigenvalue weighted by molar-refractivity contribution is 0.395. The average molecular weight is 205 g/mol. The molecule has 80 valence electrons. The molecule has 4 heteroatoms. The van der Waals surface area contributed by atoms with Crippen molar-refractivity contribution in [1.82, 2.24) is 15.3 Å². The molecule has 4 nitrogen and oxygen atoms in total. The maximum Gasteiger partial charge on any atom is 0.232 e. The Morgan fingerprint density at radius 1 is 1.27 bits per heavy atom. The van der Waals surface area contributed by atoms with E-state index >= 15 is 0 Å². The summed E-state index contributed by atoms with van der Waals surface area (Å²) >= 11 is 0. The first-order chi connectivity index (χ1) is 7.38. The maximum atomic E-state index is 4.95. The van der Waals surface area contributed by atoms with Gasteiger partial charge < -0.3 is 10.1 Å². The Bertz CT molecular complexity index is 337. The van der Waals surface area contributed by atoms with Gasteiger partial charge in [0.05, 0.1) is 25.2 Å². The molecule has 1 aliphatic heterocycles. The van der Waals surface area contributed by atoms with Gasteiger partial charge in [-0.05, 0) is 32.0 Å². The van der Waals surface area contributed by atoms with Crippen LogP contribution in [0.5, 0.6) is 5.88 Å². The highest BCUT2D eigenvalue weighted by Crippen LogP contribution is 2.14. The molecule has 0 saturated carbocycles. The van der Waals surface area contributed by atoms with E-state index in [0.717, 1.165) is 31.6 Å². The molecule has 0 spiro atoms. The van der Waals surface area contributed by atoms with E-state index in [9.17, 15) is 0 Å². The smallest absolute Gasteiger partial charge is 0.232 e. The van der Waals surface area contributed by atoms with E-state index in [1.54, 1.807) is 19.5 Å². The predicted octanol–water partition coefficient (Wildman–Crippen LogP) is 1.25. The summed E-state index contributed by atoms with van der Waals surface area (Å²) in [4.78, 5) is 8.38. The van der Waals surface area contributed by atoms with Crippen LogP contribution in [-0.4, -0.2) is 30.2 Å². The monoisotopic (exact) mass is 205 g/mol. The van der Waals surface area contributed by atoms with Crippen LogP contribution in [0.25, 0.3) is 6.08 Å². The fraction of sp³-hybridized carbons (Fsp3) is 0.455. The quantitative estimate of drug-likeness (QED) is 0.789. The summed E-state index contributed by atoms with van der Waals surface area (Å²) in [6.45, 7) is 2.13. The van der Waals surface area contributed by atoms with E-state index in [0.29, 0.717) is 5.88 Å². The fourth-order valence-electron chi connectivity index (χ4n) is 1.61. The summed E-state index contributed by atoms with van der Waals surface area (Å²) in [7, 11) is 1.59. The van der Waals surface area contributed by atoms with Crippen molar-refractivity contribution >= 4 is 6.08 Å². The fourth-order valence-corrected chi connectivity index (χ4v) is 1.61. The average Bonchev–Trinajstić information content (AvgIpc) is 2.31. The third-order valence-corrected chi connectivity index (χ3v) is 2.46. The van der Waals surface area contributed by atoms with E-state index < -0.39 is 0 Å². The normalized spacial score (nSPS) is 16.2. The molecule has 1 aromatic rings. The van der Waals surface area contributed by atoms with E-state index in [4.69, 9.17) is 4.74 Å². The van der Waals surface area contributed by atoms with Gasteiger partial charge in [-0.15, -0.1) is 0 Å². The van der Waals surface area contributed by atoms with E-state index in [2.05, 4.69) is 21.4 Å². The summed E-state index contributed by atoms with van der Waals surface area (Å²) in [6.07, 6.45) is 7.72. The number of piperidine rings is 1. The number of aromatic nitrogens is 2. The van der Waals surface area contributed by atoms with Gasteiger partial charge in [0.15, 0.2) is 0 Å². The summed E-state index contributed by atoms with van der Waals surface area (Å²) < 4.78 is 4.95. The van der Waals surface area contributed by atoms with Gasteiger partial charge >= 0.3 is 0 Å². The van der Waals surface area contributed by atoms with Crippen molar-refractivity contribution in [2.75, 3.05) is 20.2 Å². The van der Waals surface area contributed by atoms with Crippen molar-refractivity contribution in [3.63, 3.8) is 0 Å². The lowest BCUT2D eigenvalue weighted by Gasteiger charge is -2.14. The zero-order valence-electron chi connectivity index (χ0n) is 8.86. The van der Waals surface area contributed by atoms with Crippen molar-refractivity contribution in [2.24, 2.45) is 0 Å². The Labute approximate surface area is 89.4 Å². The Morgan fingerprint density at radius 3 is 2.67 bits per heavy atom. The van der Waals surface area contributed by atoms with Crippen LogP contribution in [0.4, 0.5) is 0 Å². The van der Waals surface area contributed by atoms with Crippen LogP contribution in [-0.2, 0) is 0 Å². The SMILES string of the molecule is COc1cnc(C=C2CCNCC2)cn1. The van der Waals surface area contributed by atoms with Crippen LogP contribution in [0.2, 0.25) is 0 Å². The van der Waals surface area contributed by atoms with Gasteiger partial charge in [-0.25, -0.2) is 9.97 Å². The number of ether oxygens (including phenoxy) is 1. The molecule has 1 saturated heterocycles. The topological polar surface area (TPSA) is 47.0 Å². The largest absolute Gasteiger partial charge is 0.480 e. The molecule has 0 aliphatic carbocycles. The number of methoxy groups -OCH3 is 1. The summed E-state index contributed by atoms with van der Waals surface area (Å²) in [5.74, 6) is 0.558. The van der Waals surface area contributed by atoms with Crippen LogP contribution < -0.4 is 10.1 Å². The molecule has 15 heavy (non-hydrogen) atoms. The second kappa shape index (κ2) is 4.89. The Morgan fingerprint density at radius 2 is 2.07 bits per heavy atom. The number of hydrogen-bond acceptors (Lipinski definition) is 4. The highest BCUT2D eigenvalue weighted by atomic mass is 16.5. The minimum Gasteiger partial charge on any atom is -0.480 e. The van der Waals surface area contributed by atoms with Gasteiger partial charge in [0.25, 0.3) is 0 Å². The second-order valence-corrected chi connectivity index (χ2v) is 3.54. The maximum absolute atomic E-state index is 4.95. The number of hydrogen-bond donors (Lipinski definition) is 1. The van der Waals surface area contributed by atoms with Crippen LogP contribution in [0, 0.1) is 0 Å². The lowest BCUT2D eigenvalue weighted by atomic mass is 10.0. The minimum absolute atomic E-state index is 0.558. The molecular formula is C11H15N3O. The second-order valence-electron chi connectivity index (χ2n) is 3.54. The van der Waals surface area contributed by atoms with E-state index in [1.165, 1.54) is 5.57 Å². The third kappa shape index (κ3) is 2.76. The van der Waals surface area contributed by atoms with Gasteiger partial charge in [0.1, 0.15) is 0 Å². The van der Waals surface area contributed by atoms with Crippen molar-refractivity contribution < 1.29 is 4.74 Å². The molecule has 0 aromatic carbocycles. The summed E-state index contributed by atoms with van der Waals surface area (Å²) in [5.41, 5.74) is 2.35. The summed E-state index contributed by atoms with van der Waals surface area (Å²) in [6, 6.07) is 0. The van der Waals surface area contributed by atoms with Gasteiger partial charge in [0.2, 0.25) is 5.88 Å². The molecule has 0 radical (unpaired) electrons. The molecule has 1 aliphatic rings. The Kier molecular flexibility index (Phi) is 3.29. The molecule has 0 bridgehead atoms. The van der Waals surface area contributed by atoms with Gasteiger partial charge in [-0.3, -0.25) is 0 Å². The standard InChI is InChI=1S/C11H15N3O/c1-15-11-8-13-10(7-14-11)6-9-2-4-12-5-3-9/h6-8,12H,2-5H2,1H3. The minimum atomic E-state index is 0.558. The zero-order valence-corrected chi connectivity index (χ0v) is 8.86. The Balaban J connectivity index is 2.08. The van der Waals surface area contributed by atoms with E-state index in [1.807, 2.05) is 0 Å². The summed E-state index contributed by atoms with van der Waals surface area (Å²) in [5, 5.41) is 3.32. The number of nitrogens with one attached hydrogen (secondary N) is 1. The Hall–Kier alpha value is -1.42. The van der Waals surface area contributed by atoms with Gasteiger partial charge in [-0.1, -0.05) is 5.57 Å². The highest BCUT2D eigenvalue weighted by Gasteiger charge is 2.04. The first-order valence-electron chi connectivity index (χ1n) is 5.14. The molecule has 1 N–H and O–H groups in total. The molecule has 0 atom stereocenters. The molecule has 1 fully saturated rings. The molecule has 2 rings (SSSR count). The third-order valence-electron chi connectivity index (χ3n) is 2.46. The lowest BCUT2D eigenvalue weighted by Crippen LogP contribution is -2.22. The van der Waals surface area contributed by atoms with Gasteiger partial charge in [0, 0.05) is 0 Å². The van der Waals surface area contributed by atoms with Gasteiger partial charge in [-0.2, -0.15) is 0 Å². The van der Waals surface area contributed by atoms with Crippen molar-refractivity contribution in [1.29, 1.82) is 0 Å². The van der Waals surface area contributed by atoms with E-state index in [-0.39, 0.29) is 0 Å². The highest BCUT2D eigenvalue weighted by molar-refractivity contribution is 5.48. The first kappa shape index (κ1) is 10.1. The zero-order chi connectivity index (χ0) is 10.5. The van der Waals surface area contributed by atoms with Crippen molar-refractivity contribution in [3.05, 3.63) is 23.7 Å². The molecule has 0 amide bonds. The number of nitrogens with zero attached hydrogens (tertiary/aromatic N) is 2. The van der Waals surface area contributed by atoms with Crippen molar-refractivity contribution in [2.45, 2.75) is 12.8 Å².